The summed E-state index contributed by atoms with van der Waals surface area (Å²) in [5, 5.41) is 8.21. The molecule has 6 nitrogen and oxygen atoms in total. The van der Waals surface area contributed by atoms with Crippen LogP contribution in [-0.4, -0.2) is 54.7 Å². The summed E-state index contributed by atoms with van der Waals surface area (Å²) in [4.78, 5) is 15.4. The van der Waals surface area contributed by atoms with E-state index >= 15 is 0 Å². The van der Waals surface area contributed by atoms with E-state index in [-0.39, 0.29) is 5.91 Å². The van der Waals surface area contributed by atoms with Crippen molar-refractivity contribution < 1.29 is 4.79 Å². The van der Waals surface area contributed by atoms with Crippen LogP contribution in [0.25, 0.3) is 0 Å². The minimum Gasteiger partial charge on any atom is -0.355 e. The molecule has 2 N–H and O–H groups in total. The van der Waals surface area contributed by atoms with Crippen LogP contribution in [0.2, 0.25) is 0 Å². The molecule has 1 fully saturated rings. The maximum Gasteiger partial charge on any atom is 0.273 e. The van der Waals surface area contributed by atoms with Crippen LogP contribution < -0.4 is 10.6 Å². The van der Waals surface area contributed by atoms with Crippen LogP contribution in [0, 0.1) is 5.92 Å². The maximum atomic E-state index is 11.8. The van der Waals surface area contributed by atoms with Crippen LogP contribution in [0.3, 0.4) is 0 Å². The van der Waals surface area contributed by atoms with Crippen molar-refractivity contribution in [1.29, 1.82) is 0 Å². The molecule has 2 rings (SSSR count). The molecule has 0 spiro atoms. The van der Waals surface area contributed by atoms with E-state index in [1.165, 1.54) is 17.7 Å². The number of rotatable bonds is 4. The van der Waals surface area contributed by atoms with E-state index in [4.69, 9.17) is 5.73 Å². The number of carbonyl (C=O) groups is 1. The van der Waals surface area contributed by atoms with E-state index in [2.05, 4.69) is 15.1 Å². The second-order valence-electron chi connectivity index (χ2n) is 5.58. The molecule has 110 valence electrons. The zero-order chi connectivity index (χ0) is 14.7. The highest BCUT2D eigenvalue weighted by molar-refractivity contribution is 5.91. The summed E-state index contributed by atoms with van der Waals surface area (Å²) in [5.41, 5.74) is 6.19. The Kier molecular flexibility index (Phi) is 4.54. The second-order valence-corrected chi connectivity index (χ2v) is 5.58. The Balaban J connectivity index is 2.11. The van der Waals surface area contributed by atoms with Crippen molar-refractivity contribution in [3.05, 3.63) is 17.8 Å². The normalized spacial score (nSPS) is 21.8. The number of hydrogen-bond acceptors (Lipinski definition) is 5. The number of nitrogens with zero attached hydrogens (tertiary/aromatic N) is 4. The molecule has 0 bridgehead atoms. The van der Waals surface area contributed by atoms with Gasteiger partial charge in [0.1, 0.15) is 0 Å². The van der Waals surface area contributed by atoms with E-state index in [1.807, 2.05) is 13.1 Å². The van der Waals surface area contributed by atoms with Gasteiger partial charge < -0.3 is 15.5 Å². The Bertz CT molecular complexity index is 459. The van der Waals surface area contributed by atoms with Crippen molar-refractivity contribution in [3.63, 3.8) is 0 Å². The second kappa shape index (κ2) is 6.17. The van der Waals surface area contributed by atoms with Crippen LogP contribution in [-0.2, 0) is 0 Å². The van der Waals surface area contributed by atoms with Gasteiger partial charge in [-0.25, -0.2) is 0 Å². The highest BCUT2D eigenvalue weighted by Gasteiger charge is 2.30. The predicted molar refractivity (Wildman–Crippen MR) is 78.6 cm³/mol. The van der Waals surface area contributed by atoms with Gasteiger partial charge in [-0.15, -0.1) is 10.2 Å². The molecule has 20 heavy (non-hydrogen) atoms. The fourth-order valence-corrected chi connectivity index (χ4v) is 2.83. The number of aromatic nitrogens is 2. The molecule has 1 saturated carbocycles. The lowest BCUT2D eigenvalue weighted by molar-refractivity contribution is 0.0821. The van der Waals surface area contributed by atoms with Crippen LogP contribution in [0.5, 0.6) is 0 Å². The molecule has 0 saturated heterocycles. The van der Waals surface area contributed by atoms with E-state index < -0.39 is 0 Å². The lowest BCUT2D eigenvalue weighted by Crippen LogP contribution is -2.38. The van der Waals surface area contributed by atoms with Crippen LogP contribution in [0.15, 0.2) is 12.1 Å². The number of anilines is 1. The Morgan fingerprint density at radius 3 is 2.60 bits per heavy atom. The minimum absolute atomic E-state index is 0.132. The van der Waals surface area contributed by atoms with Gasteiger partial charge in [0.25, 0.3) is 5.91 Å². The van der Waals surface area contributed by atoms with Crippen LogP contribution in [0.1, 0.15) is 29.8 Å². The Labute approximate surface area is 120 Å². The first-order chi connectivity index (χ1) is 9.54. The largest absolute Gasteiger partial charge is 0.355 e. The Morgan fingerprint density at radius 1 is 1.30 bits per heavy atom. The number of amides is 1. The summed E-state index contributed by atoms with van der Waals surface area (Å²) in [6.45, 7) is 0.708. The first kappa shape index (κ1) is 14.7. The van der Waals surface area contributed by atoms with Gasteiger partial charge in [-0.3, -0.25) is 4.79 Å². The van der Waals surface area contributed by atoms with E-state index in [1.54, 1.807) is 20.2 Å². The fraction of sp³-hybridized carbons (Fsp3) is 0.643. The van der Waals surface area contributed by atoms with Crippen molar-refractivity contribution in [2.24, 2.45) is 11.7 Å². The highest BCUT2D eigenvalue weighted by Crippen LogP contribution is 2.30. The monoisotopic (exact) mass is 277 g/mol. The van der Waals surface area contributed by atoms with E-state index in [0.717, 1.165) is 12.2 Å². The summed E-state index contributed by atoms with van der Waals surface area (Å²) in [7, 11) is 5.43. The molecule has 0 aliphatic heterocycles. The van der Waals surface area contributed by atoms with E-state index in [9.17, 15) is 4.79 Å². The fourth-order valence-electron chi connectivity index (χ4n) is 2.83. The zero-order valence-corrected chi connectivity index (χ0v) is 12.4. The summed E-state index contributed by atoms with van der Waals surface area (Å²) >= 11 is 0. The zero-order valence-electron chi connectivity index (χ0n) is 12.4. The van der Waals surface area contributed by atoms with Crippen molar-refractivity contribution in [3.8, 4) is 0 Å². The first-order valence-corrected chi connectivity index (χ1v) is 7.03. The quantitative estimate of drug-likeness (QED) is 0.878. The third-order valence-corrected chi connectivity index (χ3v) is 4.06. The Hall–Kier alpha value is -1.69. The first-order valence-electron chi connectivity index (χ1n) is 7.03. The van der Waals surface area contributed by atoms with Crippen molar-refractivity contribution in [2.45, 2.75) is 25.3 Å². The van der Waals surface area contributed by atoms with Gasteiger partial charge in [0.05, 0.1) is 0 Å². The molecular weight excluding hydrogens is 254 g/mol. The number of carbonyl (C=O) groups excluding carboxylic acids is 1. The molecule has 0 radical (unpaired) electrons. The van der Waals surface area contributed by atoms with Crippen LogP contribution in [0.4, 0.5) is 5.82 Å². The number of nitrogens with two attached hydrogens (primary N) is 1. The minimum atomic E-state index is -0.132. The van der Waals surface area contributed by atoms with E-state index in [0.29, 0.717) is 24.2 Å². The molecule has 1 aromatic heterocycles. The lowest BCUT2D eigenvalue weighted by atomic mass is 10.0. The molecular formula is C14H23N5O. The average Bonchev–Trinajstić information content (AvgIpc) is 2.94. The topological polar surface area (TPSA) is 75.4 Å². The average molecular weight is 277 g/mol. The van der Waals surface area contributed by atoms with Gasteiger partial charge in [-0.1, -0.05) is 6.42 Å². The number of hydrogen-bond donors (Lipinski definition) is 1. The van der Waals surface area contributed by atoms with Gasteiger partial charge in [0.2, 0.25) is 0 Å². The highest BCUT2D eigenvalue weighted by atomic mass is 16.2. The van der Waals surface area contributed by atoms with Gasteiger partial charge in [-0.2, -0.15) is 0 Å². The molecule has 1 aliphatic rings. The smallest absolute Gasteiger partial charge is 0.273 e. The summed E-state index contributed by atoms with van der Waals surface area (Å²) in [6, 6.07) is 4.01. The molecule has 2 atom stereocenters. The molecule has 1 aliphatic carbocycles. The predicted octanol–water partition coefficient (Wildman–Crippen LogP) is 0.742. The standard InChI is InChI=1S/C14H23N5O/c1-18(2)14(20)11-7-8-13(17-16-11)19(3)12-6-4-5-10(12)9-15/h7-8,10,12H,4-6,9,15H2,1-3H3. The summed E-state index contributed by atoms with van der Waals surface area (Å²) < 4.78 is 0. The molecule has 6 heteroatoms. The summed E-state index contributed by atoms with van der Waals surface area (Å²) in [5.74, 6) is 1.18. The molecule has 1 aromatic rings. The summed E-state index contributed by atoms with van der Waals surface area (Å²) in [6.07, 6.45) is 3.52. The Morgan fingerprint density at radius 2 is 2.05 bits per heavy atom. The van der Waals surface area contributed by atoms with Gasteiger partial charge in [0.15, 0.2) is 11.5 Å². The third kappa shape index (κ3) is 2.90. The van der Waals surface area contributed by atoms with Crippen molar-refractivity contribution in [1.82, 2.24) is 15.1 Å². The molecule has 0 aromatic carbocycles. The molecule has 1 amide bonds. The van der Waals surface area contributed by atoms with Gasteiger partial charge >= 0.3 is 0 Å². The maximum absolute atomic E-state index is 11.8. The van der Waals surface area contributed by atoms with Crippen LogP contribution >= 0.6 is 0 Å². The van der Waals surface area contributed by atoms with Crippen molar-refractivity contribution in [2.75, 3.05) is 32.6 Å². The molecule has 2 unspecified atom stereocenters. The lowest BCUT2D eigenvalue weighted by Gasteiger charge is -2.29. The van der Waals surface area contributed by atoms with Gasteiger partial charge in [-0.05, 0) is 37.4 Å². The van der Waals surface area contributed by atoms with Gasteiger partial charge in [0, 0.05) is 27.2 Å². The third-order valence-electron chi connectivity index (χ3n) is 4.06. The molecule has 1 heterocycles. The SMILES string of the molecule is CN(C)C(=O)c1ccc(N(C)C2CCCC2CN)nn1. The van der Waals surface area contributed by atoms with Crippen molar-refractivity contribution >= 4 is 11.7 Å².